The van der Waals surface area contributed by atoms with Crippen LogP contribution in [0.2, 0.25) is 0 Å². The second-order valence-corrected chi connectivity index (χ2v) is 11.2. The van der Waals surface area contributed by atoms with E-state index in [-0.39, 0.29) is 59.4 Å². The van der Waals surface area contributed by atoms with Crippen LogP contribution in [0.25, 0.3) is 0 Å². The Morgan fingerprint density at radius 2 is 1.77 bits per heavy atom. The maximum atomic E-state index is 12.4. The second-order valence-electron chi connectivity index (χ2n) is 11.2. The highest BCUT2D eigenvalue weighted by molar-refractivity contribution is 5.36. The lowest BCUT2D eigenvalue weighted by Gasteiger charge is -2.67. The lowest BCUT2D eigenvalue weighted by Crippen LogP contribution is -2.78. The summed E-state index contributed by atoms with van der Waals surface area (Å²) in [7, 11) is 6.82. The number of ether oxygens (including phenoxy) is 4. The smallest absolute Gasteiger partial charge is 0.0796 e. The summed E-state index contributed by atoms with van der Waals surface area (Å²) < 4.78 is 23.9. The molecule has 31 heavy (non-hydrogen) atoms. The van der Waals surface area contributed by atoms with Gasteiger partial charge in [-0.3, -0.25) is 0 Å². The molecule has 0 radical (unpaired) electrons. The summed E-state index contributed by atoms with van der Waals surface area (Å²) in [4.78, 5) is 0. The highest BCUT2D eigenvalue weighted by atomic mass is 16.5. The number of piperidine rings is 1. The van der Waals surface area contributed by atoms with Crippen molar-refractivity contribution in [2.45, 2.75) is 61.4 Å². The summed E-state index contributed by atoms with van der Waals surface area (Å²) in [5.74, 6) is -0.401. The predicted octanol–water partition coefficient (Wildman–Crippen LogP) is -0.605. The van der Waals surface area contributed by atoms with Gasteiger partial charge in [0.15, 0.2) is 0 Å². The highest BCUT2D eigenvalue weighted by Gasteiger charge is 2.86. The van der Waals surface area contributed by atoms with Crippen molar-refractivity contribution >= 4 is 0 Å². The zero-order valence-corrected chi connectivity index (χ0v) is 18.9. The molecule has 6 rings (SSSR count). The molecule has 4 N–H and O–H groups in total. The summed E-state index contributed by atoms with van der Waals surface area (Å²) in [6.45, 7) is 1.05. The van der Waals surface area contributed by atoms with E-state index in [4.69, 9.17) is 18.9 Å². The molecule has 1 aliphatic heterocycles. The van der Waals surface area contributed by atoms with Crippen molar-refractivity contribution in [3.8, 4) is 0 Å². The summed E-state index contributed by atoms with van der Waals surface area (Å²) in [5.41, 5.74) is -1.95. The van der Waals surface area contributed by atoms with Crippen LogP contribution >= 0.6 is 0 Å². The van der Waals surface area contributed by atoms with Gasteiger partial charge in [-0.2, -0.15) is 0 Å². The van der Waals surface area contributed by atoms with Crippen molar-refractivity contribution in [1.82, 2.24) is 5.32 Å². The lowest BCUT2D eigenvalue weighted by molar-refractivity contribution is -0.269. The van der Waals surface area contributed by atoms with Crippen molar-refractivity contribution in [3.63, 3.8) is 0 Å². The van der Waals surface area contributed by atoms with Crippen LogP contribution in [0, 0.1) is 40.4 Å². The van der Waals surface area contributed by atoms with Crippen LogP contribution in [0.5, 0.6) is 0 Å². The van der Waals surface area contributed by atoms with E-state index >= 15 is 0 Å². The standard InChI is InChI=1S/C23H37NO7/c1-28-9-21-8-24-20-16-18(31-4)19(21)23(20,14(30-3)6-13(21)25)11-5-10-12(29-2)7-22(16,27)15(11)17(10)26/h10-20,24-27H,5-9H2,1-4H3/t10?,11-,12+,13-,14+,15-,16?,17+,18+,19-,20?,21+,22?,23?/m1/s1. The van der Waals surface area contributed by atoms with E-state index in [2.05, 4.69) is 5.32 Å². The van der Waals surface area contributed by atoms with E-state index < -0.39 is 23.2 Å². The van der Waals surface area contributed by atoms with Crippen LogP contribution in [-0.2, 0) is 18.9 Å². The van der Waals surface area contributed by atoms with Crippen molar-refractivity contribution < 1.29 is 34.3 Å². The Morgan fingerprint density at radius 3 is 2.42 bits per heavy atom. The lowest BCUT2D eigenvalue weighted by atomic mass is 9.43. The van der Waals surface area contributed by atoms with E-state index in [1.54, 1.807) is 28.4 Å². The topological polar surface area (TPSA) is 110 Å². The first-order valence-electron chi connectivity index (χ1n) is 11.8. The molecule has 0 aromatic rings. The van der Waals surface area contributed by atoms with E-state index in [1.165, 1.54) is 0 Å². The summed E-state index contributed by atoms with van der Waals surface area (Å²) >= 11 is 0. The van der Waals surface area contributed by atoms with E-state index in [1.807, 2.05) is 0 Å². The predicted molar refractivity (Wildman–Crippen MR) is 109 cm³/mol. The minimum atomic E-state index is -1.09. The van der Waals surface area contributed by atoms with Gasteiger partial charge in [0.05, 0.1) is 42.7 Å². The molecule has 0 amide bonds. The van der Waals surface area contributed by atoms with Gasteiger partial charge in [-0.1, -0.05) is 0 Å². The van der Waals surface area contributed by atoms with Crippen LogP contribution in [0.15, 0.2) is 0 Å². The SMILES string of the molecule is COC[C@]12CNC3C4[C@H](OC)[C@H]1C3([C@@H](OC)C[C@H]2O)[C@@H]1CC2[C@@H](OC)CC4(O)[C@H]1[C@H]2O. The normalized spacial score (nSPS) is 63.4. The van der Waals surface area contributed by atoms with Gasteiger partial charge in [0.1, 0.15) is 0 Å². The molecule has 5 aliphatic carbocycles. The number of hydrogen-bond acceptors (Lipinski definition) is 8. The first-order valence-corrected chi connectivity index (χ1v) is 11.8. The summed E-state index contributed by atoms with van der Waals surface area (Å²) in [6.07, 6.45) is 0.0211. The van der Waals surface area contributed by atoms with E-state index in [9.17, 15) is 15.3 Å². The van der Waals surface area contributed by atoms with Crippen molar-refractivity contribution in [3.05, 3.63) is 0 Å². The molecule has 1 heterocycles. The van der Waals surface area contributed by atoms with E-state index in [0.717, 1.165) is 6.42 Å². The average Bonchev–Trinajstić information content (AvgIpc) is 3.13. The van der Waals surface area contributed by atoms with Gasteiger partial charge in [0.2, 0.25) is 0 Å². The molecule has 1 spiro atoms. The Balaban J connectivity index is 1.61. The summed E-state index contributed by atoms with van der Waals surface area (Å²) in [5, 5.41) is 39.0. The third-order valence-electron chi connectivity index (χ3n) is 10.9. The average molecular weight is 440 g/mol. The Hall–Kier alpha value is -0.320. The molecule has 176 valence electrons. The molecule has 0 aromatic carbocycles. The van der Waals surface area contributed by atoms with E-state index in [0.29, 0.717) is 26.0 Å². The number of rotatable bonds is 5. The number of aliphatic hydroxyl groups is 3. The monoisotopic (exact) mass is 439 g/mol. The van der Waals surface area contributed by atoms with Crippen LogP contribution in [-0.4, -0.2) is 99.1 Å². The highest BCUT2D eigenvalue weighted by Crippen LogP contribution is 2.78. The van der Waals surface area contributed by atoms with Crippen molar-refractivity contribution in [2.24, 2.45) is 40.4 Å². The number of nitrogens with one attached hydrogen (secondary N) is 1. The van der Waals surface area contributed by atoms with Crippen LogP contribution in [0.3, 0.4) is 0 Å². The molecule has 1 saturated heterocycles. The van der Waals surface area contributed by atoms with Gasteiger partial charge in [-0.15, -0.1) is 0 Å². The molecule has 14 atom stereocenters. The van der Waals surface area contributed by atoms with Gasteiger partial charge in [-0.05, 0) is 12.3 Å². The molecule has 5 unspecified atom stereocenters. The number of hydrogen-bond donors (Lipinski definition) is 4. The molecule has 8 heteroatoms. The Bertz CT molecular complexity index is 753. The van der Waals surface area contributed by atoms with Gasteiger partial charge >= 0.3 is 0 Å². The maximum Gasteiger partial charge on any atom is 0.0796 e. The molecular weight excluding hydrogens is 402 g/mol. The fourth-order valence-corrected chi connectivity index (χ4v) is 10.3. The number of fused-ring (bicyclic) bond motifs is 2. The number of methoxy groups -OCH3 is 4. The first kappa shape index (κ1) is 21.2. The van der Waals surface area contributed by atoms with Gasteiger partial charge in [0.25, 0.3) is 0 Å². The molecular formula is C23H37NO7. The third-order valence-corrected chi connectivity index (χ3v) is 10.9. The fourth-order valence-electron chi connectivity index (χ4n) is 10.3. The molecule has 7 bridgehead atoms. The first-order chi connectivity index (χ1) is 14.9. The van der Waals surface area contributed by atoms with Crippen LogP contribution in [0.1, 0.15) is 19.3 Å². The Morgan fingerprint density at radius 1 is 1.00 bits per heavy atom. The molecule has 6 aliphatic rings. The maximum absolute atomic E-state index is 12.4. The van der Waals surface area contributed by atoms with Crippen molar-refractivity contribution in [1.29, 1.82) is 0 Å². The van der Waals surface area contributed by atoms with Gasteiger partial charge in [0, 0.05) is 88.4 Å². The largest absolute Gasteiger partial charge is 0.392 e. The van der Waals surface area contributed by atoms with Crippen LogP contribution < -0.4 is 5.32 Å². The Labute approximate surface area is 183 Å². The van der Waals surface area contributed by atoms with Gasteiger partial charge < -0.3 is 39.6 Å². The van der Waals surface area contributed by atoms with Crippen LogP contribution in [0.4, 0.5) is 0 Å². The molecule has 5 saturated carbocycles. The van der Waals surface area contributed by atoms with Gasteiger partial charge in [-0.25, -0.2) is 0 Å². The molecule has 6 fully saturated rings. The molecule has 0 aromatic heterocycles. The minimum absolute atomic E-state index is 0.00214. The third kappa shape index (κ3) is 2.08. The second kappa shape index (κ2) is 6.63. The quantitative estimate of drug-likeness (QED) is 0.450. The zero-order valence-electron chi connectivity index (χ0n) is 18.9. The minimum Gasteiger partial charge on any atom is -0.392 e. The molecule has 8 nitrogen and oxygen atoms in total. The zero-order chi connectivity index (χ0) is 21.9. The summed E-state index contributed by atoms with van der Waals surface area (Å²) in [6, 6.07) is -0.00214. The Kier molecular flexibility index (Phi) is 4.54. The van der Waals surface area contributed by atoms with Crippen molar-refractivity contribution in [2.75, 3.05) is 41.6 Å². The number of aliphatic hydroxyl groups excluding tert-OH is 2. The fraction of sp³-hybridized carbons (Fsp3) is 1.00.